The fourth-order valence-electron chi connectivity index (χ4n) is 9.86. The molecule has 0 bridgehead atoms. The Morgan fingerprint density at radius 2 is 0.574 bits per heavy atom. The van der Waals surface area contributed by atoms with Gasteiger partial charge in [0.15, 0.2) is 0 Å². The Bertz CT molecular complexity index is 1040. The Kier molecular flexibility index (Phi) is 58.7. The molecule has 4 heteroatoms. The van der Waals surface area contributed by atoms with Gasteiger partial charge in [-0.3, -0.25) is 4.79 Å². The number of aliphatic hydroxyl groups excluding tert-OH is 2. The first-order chi connectivity index (χ1) is 33.7. The summed E-state index contributed by atoms with van der Waals surface area (Å²) in [5, 5.41) is 23.1. The molecule has 1 amide bonds. The normalized spacial score (nSPS) is 12.9. The molecular weight excluding hydrogens is 831 g/mol. The minimum Gasteiger partial charge on any atom is -0.394 e. The van der Waals surface area contributed by atoms with E-state index in [9.17, 15) is 15.0 Å². The minimum atomic E-state index is -0.869. The number of carbonyl (C=O) groups is 1. The number of aliphatic hydroxyl groups is 2. The number of amides is 1. The smallest absolute Gasteiger partial charge is 0.220 e. The van der Waals surface area contributed by atoms with Crippen LogP contribution in [0.1, 0.15) is 348 Å². The van der Waals surface area contributed by atoms with Gasteiger partial charge in [0.05, 0.1) is 18.8 Å². The second-order valence-electron chi connectivity index (χ2n) is 21.5. The number of hydrogen-bond donors (Lipinski definition) is 3. The molecule has 0 aliphatic carbocycles. The monoisotopic (exact) mass is 954 g/mol. The summed E-state index contributed by atoms with van der Waals surface area (Å²) in [4.78, 5) is 12.5. The van der Waals surface area contributed by atoms with Crippen molar-refractivity contribution in [2.75, 3.05) is 6.61 Å². The summed E-state index contributed by atoms with van der Waals surface area (Å²) in [6, 6.07) is -0.644. The van der Waals surface area contributed by atoms with Crippen molar-refractivity contribution in [1.29, 1.82) is 0 Å². The third-order valence-corrected chi connectivity index (χ3v) is 14.6. The van der Waals surface area contributed by atoms with E-state index in [-0.39, 0.29) is 12.5 Å². The first-order valence-electron chi connectivity index (χ1n) is 31.2. The highest BCUT2D eigenvalue weighted by Crippen LogP contribution is 2.18. The number of rotatable bonds is 58. The SMILES string of the molecule is CCCCCCCCC/C=C/CC/C=C/CC/C=C/C(O)C(CO)NC(=O)CCCCCCCCCCCCCCCCCCCCCCCCCCCCCCCCCCCCCCCCC. The molecule has 0 rings (SSSR count). The topological polar surface area (TPSA) is 69.6 Å². The van der Waals surface area contributed by atoms with Crippen LogP contribution in [0.3, 0.4) is 0 Å². The molecule has 0 radical (unpaired) electrons. The fourth-order valence-corrected chi connectivity index (χ4v) is 9.86. The van der Waals surface area contributed by atoms with Crippen molar-refractivity contribution in [3.05, 3.63) is 36.5 Å². The number of nitrogens with one attached hydrogen (secondary N) is 1. The molecule has 0 saturated carbocycles. The molecule has 402 valence electrons. The van der Waals surface area contributed by atoms with E-state index < -0.39 is 12.1 Å². The number of unbranched alkanes of at least 4 members (excludes halogenated alkanes) is 47. The summed E-state index contributed by atoms with van der Waals surface area (Å²) in [5.41, 5.74) is 0. The number of allylic oxidation sites excluding steroid dienone is 5. The molecule has 3 N–H and O–H groups in total. The van der Waals surface area contributed by atoms with Crippen LogP contribution in [0, 0.1) is 0 Å². The summed E-state index contributed by atoms with van der Waals surface area (Å²) in [7, 11) is 0. The maximum Gasteiger partial charge on any atom is 0.220 e. The summed E-state index contributed by atoms with van der Waals surface area (Å²) in [6.45, 7) is 4.32. The van der Waals surface area contributed by atoms with Crippen molar-refractivity contribution in [1.82, 2.24) is 5.32 Å². The van der Waals surface area contributed by atoms with Crippen molar-refractivity contribution in [3.8, 4) is 0 Å². The van der Waals surface area contributed by atoms with Crippen LogP contribution in [-0.4, -0.2) is 34.9 Å². The molecule has 68 heavy (non-hydrogen) atoms. The van der Waals surface area contributed by atoms with E-state index in [0.29, 0.717) is 6.42 Å². The predicted octanol–water partition coefficient (Wildman–Crippen LogP) is 20.8. The molecule has 0 aromatic heterocycles. The van der Waals surface area contributed by atoms with Gasteiger partial charge in [-0.25, -0.2) is 0 Å². The fraction of sp³-hybridized carbons (Fsp3) is 0.891. The van der Waals surface area contributed by atoms with E-state index in [1.54, 1.807) is 6.08 Å². The standard InChI is InChI=1S/C64H123NO3/c1-3-5-7-9-11-13-15-17-19-21-22-23-24-25-26-27-28-29-30-31-32-33-34-35-36-37-38-39-40-41-42-44-46-48-50-52-54-56-58-60-64(68)65-62(61-66)63(67)59-57-55-53-51-49-47-45-43-20-18-16-14-12-10-8-6-4-2/h20,43,49,51,57,59,62-63,66-67H,3-19,21-42,44-48,50,52-56,58,60-61H2,1-2H3,(H,65,68)/b43-20+,51-49+,59-57+. The van der Waals surface area contributed by atoms with Gasteiger partial charge >= 0.3 is 0 Å². The number of carbonyl (C=O) groups excluding carboxylic acids is 1. The molecule has 0 saturated heterocycles. The average Bonchev–Trinajstić information content (AvgIpc) is 3.34. The summed E-state index contributed by atoms with van der Waals surface area (Å²) in [5.74, 6) is -0.0718. The second kappa shape index (κ2) is 59.9. The summed E-state index contributed by atoms with van der Waals surface area (Å²) < 4.78 is 0. The molecule has 0 aromatic carbocycles. The largest absolute Gasteiger partial charge is 0.394 e. The van der Waals surface area contributed by atoms with Crippen LogP contribution in [0.4, 0.5) is 0 Å². The molecule has 0 aromatic rings. The zero-order valence-corrected chi connectivity index (χ0v) is 46.4. The zero-order valence-electron chi connectivity index (χ0n) is 46.4. The summed E-state index contributed by atoms with van der Waals surface area (Å²) in [6.07, 6.45) is 82.1. The molecule has 0 heterocycles. The third-order valence-electron chi connectivity index (χ3n) is 14.6. The zero-order chi connectivity index (χ0) is 49.2. The second-order valence-corrected chi connectivity index (χ2v) is 21.5. The van der Waals surface area contributed by atoms with Crippen LogP contribution in [0.15, 0.2) is 36.5 Å². The maximum atomic E-state index is 12.5. The lowest BCUT2D eigenvalue weighted by Crippen LogP contribution is -2.45. The maximum absolute atomic E-state index is 12.5. The van der Waals surface area contributed by atoms with E-state index in [4.69, 9.17) is 0 Å². The Balaban J connectivity index is 3.39. The van der Waals surface area contributed by atoms with Gasteiger partial charge in [0.25, 0.3) is 0 Å². The number of hydrogen-bond acceptors (Lipinski definition) is 3. The first kappa shape index (κ1) is 66.6. The Labute approximate surface area is 427 Å². The molecule has 0 spiro atoms. The van der Waals surface area contributed by atoms with Crippen molar-refractivity contribution in [2.24, 2.45) is 0 Å². The molecule has 2 atom stereocenters. The van der Waals surface area contributed by atoms with Crippen molar-refractivity contribution in [2.45, 2.75) is 360 Å². The van der Waals surface area contributed by atoms with Crippen LogP contribution in [0.25, 0.3) is 0 Å². The lowest BCUT2D eigenvalue weighted by atomic mass is 10.0. The Morgan fingerprint density at radius 1 is 0.338 bits per heavy atom. The van der Waals surface area contributed by atoms with Crippen LogP contribution >= 0.6 is 0 Å². The minimum absolute atomic E-state index is 0.0718. The molecule has 2 unspecified atom stereocenters. The summed E-state index contributed by atoms with van der Waals surface area (Å²) >= 11 is 0. The van der Waals surface area contributed by atoms with Gasteiger partial charge in [-0.15, -0.1) is 0 Å². The van der Waals surface area contributed by atoms with Crippen LogP contribution < -0.4 is 5.32 Å². The Morgan fingerprint density at radius 3 is 0.853 bits per heavy atom. The average molecular weight is 955 g/mol. The van der Waals surface area contributed by atoms with E-state index >= 15 is 0 Å². The van der Waals surface area contributed by atoms with Gasteiger partial charge in [-0.1, -0.05) is 333 Å². The highest BCUT2D eigenvalue weighted by atomic mass is 16.3. The van der Waals surface area contributed by atoms with Gasteiger partial charge in [0.2, 0.25) is 5.91 Å². The van der Waals surface area contributed by atoms with E-state index in [1.807, 2.05) is 6.08 Å². The van der Waals surface area contributed by atoms with Crippen LogP contribution in [0.2, 0.25) is 0 Å². The third kappa shape index (κ3) is 55.5. The quantitative estimate of drug-likeness (QED) is 0.0420. The lowest BCUT2D eigenvalue weighted by Gasteiger charge is -2.19. The van der Waals surface area contributed by atoms with E-state index in [0.717, 1.165) is 38.5 Å². The van der Waals surface area contributed by atoms with Gasteiger partial charge in [0.1, 0.15) is 0 Å². The van der Waals surface area contributed by atoms with Gasteiger partial charge in [0, 0.05) is 6.42 Å². The van der Waals surface area contributed by atoms with Gasteiger partial charge in [-0.2, -0.15) is 0 Å². The van der Waals surface area contributed by atoms with Crippen LogP contribution in [-0.2, 0) is 4.79 Å². The van der Waals surface area contributed by atoms with Crippen molar-refractivity contribution in [3.63, 3.8) is 0 Å². The molecular formula is C64H123NO3. The highest BCUT2D eigenvalue weighted by Gasteiger charge is 2.18. The first-order valence-corrected chi connectivity index (χ1v) is 31.2. The van der Waals surface area contributed by atoms with E-state index in [2.05, 4.69) is 43.5 Å². The molecule has 0 aliphatic heterocycles. The molecule has 0 aliphatic rings. The van der Waals surface area contributed by atoms with Gasteiger partial charge < -0.3 is 15.5 Å². The Hall–Kier alpha value is -1.39. The highest BCUT2D eigenvalue weighted by molar-refractivity contribution is 5.76. The lowest BCUT2D eigenvalue weighted by molar-refractivity contribution is -0.123. The van der Waals surface area contributed by atoms with E-state index in [1.165, 1.54) is 289 Å². The van der Waals surface area contributed by atoms with Gasteiger partial charge in [-0.05, 0) is 44.9 Å². The predicted molar refractivity (Wildman–Crippen MR) is 304 cm³/mol. The molecule has 0 fully saturated rings. The molecule has 4 nitrogen and oxygen atoms in total. The van der Waals surface area contributed by atoms with Crippen molar-refractivity contribution < 1.29 is 15.0 Å². The van der Waals surface area contributed by atoms with Crippen LogP contribution in [0.5, 0.6) is 0 Å². The van der Waals surface area contributed by atoms with Crippen molar-refractivity contribution >= 4 is 5.91 Å².